The molecule has 0 fully saturated rings. The van der Waals surface area contributed by atoms with Crippen molar-refractivity contribution in [1.29, 1.82) is 0 Å². The van der Waals surface area contributed by atoms with Gasteiger partial charge in [0.1, 0.15) is 12.4 Å². The third-order valence-corrected chi connectivity index (χ3v) is 6.42. The van der Waals surface area contributed by atoms with Crippen LogP contribution in [0.1, 0.15) is 17.3 Å². The standard InChI is InChI=1S/C27H25ClN2O4S/c1-3-33-26-17-24(19-4-6-20(7-5-19)27(31)32)29-30(26)14-15-34-25-13-10-21(16-23(25)28)18-8-11-22(35-2)12-9-18/h4-13,16-17H,3,14-15H2,1-2H3,(H,31,32). The number of carbonyl (C=O) groups is 1. The number of benzene rings is 3. The summed E-state index contributed by atoms with van der Waals surface area (Å²) < 4.78 is 13.4. The molecule has 4 rings (SSSR count). The molecule has 0 bridgehead atoms. The van der Waals surface area contributed by atoms with E-state index in [1.54, 1.807) is 40.7 Å². The quantitative estimate of drug-likeness (QED) is 0.238. The minimum absolute atomic E-state index is 0.228. The second-order valence-electron chi connectivity index (χ2n) is 7.63. The van der Waals surface area contributed by atoms with Crippen molar-refractivity contribution in [2.24, 2.45) is 0 Å². The van der Waals surface area contributed by atoms with E-state index in [1.807, 2.05) is 31.2 Å². The molecule has 180 valence electrons. The van der Waals surface area contributed by atoms with Crippen LogP contribution in [0.5, 0.6) is 11.6 Å². The van der Waals surface area contributed by atoms with E-state index in [1.165, 1.54) is 4.90 Å². The van der Waals surface area contributed by atoms with E-state index >= 15 is 0 Å². The van der Waals surface area contributed by atoms with Crippen molar-refractivity contribution in [3.63, 3.8) is 0 Å². The highest BCUT2D eigenvalue weighted by Gasteiger charge is 2.13. The molecule has 0 aliphatic rings. The molecule has 6 nitrogen and oxygen atoms in total. The summed E-state index contributed by atoms with van der Waals surface area (Å²) in [5.41, 5.74) is 3.85. The molecule has 0 saturated heterocycles. The topological polar surface area (TPSA) is 73.6 Å². The fourth-order valence-electron chi connectivity index (χ4n) is 3.57. The highest BCUT2D eigenvalue weighted by atomic mass is 35.5. The number of ether oxygens (including phenoxy) is 2. The number of rotatable bonds is 10. The molecule has 0 spiro atoms. The zero-order valence-electron chi connectivity index (χ0n) is 19.4. The molecule has 0 unspecified atom stereocenters. The Labute approximate surface area is 213 Å². The molecule has 0 atom stereocenters. The maximum atomic E-state index is 11.1. The van der Waals surface area contributed by atoms with E-state index in [9.17, 15) is 4.79 Å². The lowest BCUT2D eigenvalue weighted by molar-refractivity contribution is 0.0697. The summed E-state index contributed by atoms with van der Waals surface area (Å²) in [5.74, 6) is 0.253. The van der Waals surface area contributed by atoms with Gasteiger partial charge >= 0.3 is 5.97 Å². The average Bonchev–Trinajstić information content (AvgIpc) is 3.28. The lowest BCUT2D eigenvalue weighted by Crippen LogP contribution is -2.11. The predicted molar refractivity (Wildman–Crippen MR) is 140 cm³/mol. The first kappa shape index (κ1) is 24.7. The number of hydrogen-bond donors (Lipinski definition) is 1. The van der Waals surface area contributed by atoms with Crippen LogP contribution in [-0.4, -0.2) is 40.3 Å². The molecule has 0 amide bonds. The number of aromatic carboxylic acids is 1. The summed E-state index contributed by atoms with van der Waals surface area (Å²) in [6.45, 7) is 3.21. The molecular formula is C27H25ClN2O4S. The Bertz CT molecular complexity index is 1300. The van der Waals surface area contributed by atoms with Crippen LogP contribution < -0.4 is 9.47 Å². The average molecular weight is 509 g/mol. The Kier molecular flexibility index (Phi) is 8.00. The first-order valence-electron chi connectivity index (χ1n) is 11.1. The molecule has 0 aliphatic carbocycles. The lowest BCUT2D eigenvalue weighted by atomic mass is 10.1. The Morgan fingerprint density at radius 3 is 2.29 bits per heavy atom. The van der Waals surface area contributed by atoms with Crippen LogP contribution in [0.25, 0.3) is 22.4 Å². The summed E-state index contributed by atoms with van der Waals surface area (Å²) in [7, 11) is 0. The Morgan fingerprint density at radius 2 is 1.66 bits per heavy atom. The first-order chi connectivity index (χ1) is 17.0. The normalized spacial score (nSPS) is 10.8. The van der Waals surface area contributed by atoms with Gasteiger partial charge in [0, 0.05) is 16.5 Å². The Hall–Kier alpha value is -3.42. The first-order valence-corrected chi connectivity index (χ1v) is 12.7. The maximum Gasteiger partial charge on any atom is 0.335 e. The van der Waals surface area contributed by atoms with Gasteiger partial charge in [-0.2, -0.15) is 5.10 Å². The lowest BCUT2D eigenvalue weighted by Gasteiger charge is -2.11. The van der Waals surface area contributed by atoms with Gasteiger partial charge in [-0.1, -0.05) is 41.9 Å². The highest BCUT2D eigenvalue weighted by Crippen LogP contribution is 2.31. The van der Waals surface area contributed by atoms with Crippen molar-refractivity contribution in [3.05, 3.63) is 83.4 Å². The zero-order chi connectivity index (χ0) is 24.8. The third-order valence-electron chi connectivity index (χ3n) is 5.38. The van der Waals surface area contributed by atoms with Crippen LogP contribution in [0, 0.1) is 0 Å². The van der Waals surface area contributed by atoms with Crippen molar-refractivity contribution in [2.75, 3.05) is 19.5 Å². The molecule has 3 aromatic carbocycles. The summed E-state index contributed by atoms with van der Waals surface area (Å²) in [6.07, 6.45) is 2.05. The van der Waals surface area contributed by atoms with Gasteiger partial charge in [-0.3, -0.25) is 0 Å². The van der Waals surface area contributed by atoms with Crippen molar-refractivity contribution >= 4 is 29.3 Å². The molecule has 4 aromatic rings. The monoisotopic (exact) mass is 508 g/mol. The summed E-state index contributed by atoms with van der Waals surface area (Å²) in [5, 5.41) is 14.3. The molecule has 8 heteroatoms. The summed E-state index contributed by atoms with van der Waals surface area (Å²) in [4.78, 5) is 12.3. The van der Waals surface area contributed by atoms with Gasteiger partial charge < -0.3 is 14.6 Å². The molecule has 1 heterocycles. The summed E-state index contributed by atoms with van der Waals surface area (Å²) >= 11 is 8.21. The molecule has 0 radical (unpaired) electrons. The number of nitrogens with zero attached hydrogens (tertiary/aromatic N) is 2. The maximum absolute atomic E-state index is 11.1. The van der Waals surface area contributed by atoms with Crippen molar-refractivity contribution in [3.8, 4) is 34.0 Å². The molecule has 1 N–H and O–H groups in total. The van der Waals surface area contributed by atoms with E-state index in [4.69, 9.17) is 26.2 Å². The molecule has 0 saturated carbocycles. The largest absolute Gasteiger partial charge is 0.490 e. The zero-order valence-corrected chi connectivity index (χ0v) is 21.0. The van der Waals surface area contributed by atoms with Crippen molar-refractivity contribution < 1.29 is 19.4 Å². The number of carboxylic acid groups (broad SMARTS) is 1. The highest BCUT2D eigenvalue weighted by molar-refractivity contribution is 7.98. The van der Waals surface area contributed by atoms with Gasteiger partial charge in [0.25, 0.3) is 0 Å². The Morgan fingerprint density at radius 1 is 0.971 bits per heavy atom. The van der Waals surface area contributed by atoms with Crippen molar-refractivity contribution in [1.82, 2.24) is 9.78 Å². The van der Waals surface area contributed by atoms with Gasteiger partial charge in [0.2, 0.25) is 5.88 Å². The SMILES string of the molecule is CCOc1cc(-c2ccc(C(=O)O)cc2)nn1CCOc1ccc(-c2ccc(SC)cc2)cc1Cl. The van der Waals surface area contributed by atoms with E-state index in [2.05, 4.69) is 35.6 Å². The van der Waals surface area contributed by atoms with Gasteiger partial charge in [0.15, 0.2) is 0 Å². The summed E-state index contributed by atoms with van der Waals surface area (Å²) in [6, 6.07) is 22.5. The number of aromatic nitrogens is 2. The van der Waals surface area contributed by atoms with E-state index in [0.29, 0.717) is 42.1 Å². The number of hydrogen-bond acceptors (Lipinski definition) is 5. The van der Waals surface area contributed by atoms with Crippen LogP contribution in [0.15, 0.2) is 77.7 Å². The van der Waals surface area contributed by atoms with Crippen molar-refractivity contribution in [2.45, 2.75) is 18.4 Å². The molecule has 35 heavy (non-hydrogen) atoms. The van der Waals surface area contributed by atoms with Gasteiger partial charge in [-0.05, 0) is 60.7 Å². The van der Waals surface area contributed by atoms with Gasteiger partial charge in [-0.15, -0.1) is 11.8 Å². The number of carboxylic acids is 1. The predicted octanol–water partition coefficient (Wildman–Crippen LogP) is 6.77. The second kappa shape index (κ2) is 11.3. The van der Waals surface area contributed by atoms with E-state index in [-0.39, 0.29) is 5.56 Å². The van der Waals surface area contributed by atoms with Crippen LogP contribution >= 0.6 is 23.4 Å². The number of thioether (sulfide) groups is 1. The molecule has 1 aromatic heterocycles. The van der Waals surface area contributed by atoms with Crippen LogP contribution in [0.4, 0.5) is 0 Å². The van der Waals surface area contributed by atoms with E-state index < -0.39 is 5.97 Å². The fraction of sp³-hybridized carbons (Fsp3) is 0.185. The Balaban J connectivity index is 1.44. The van der Waals surface area contributed by atoms with Crippen LogP contribution in [0.2, 0.25) is 5.02 Å². The van der Waals surface area contributed by atoms with Crippen LogP contribution in [0.3, 0.4) is 0 Å². The third kappa shape index (κ3) is 5.99. The number of halogens is 1. The fourth-order valence-corrected chi connectivity index (χ4v) is 4.21. The van der Waals surface area contributed by atoms with Gasteiger partial charge in [-0.25, -0.2) is 9.48 Å². The second-order valence-corrected chi connectivity index (χ2v) is 8.92. The van der Waals surface area contributed by atoms with Gasteiger partial charge in [0.05, 0.1) is 29.4 Å². The van der Waals surface area contributed by atoms with Crippen LogP contribution in [-0.2, 0) is 6.54 Å². The molecular weight excluding hydrogens is 484 g/mol. The minimum Gasteiger partial charge on any atom is -0.490 e. The molecule has 0 aliphatic heterocycles. The smallest absolute Gasteiger partial charge is 0.335 e. The minimum atomic E-state index is -0.963. The van der Waals surface area contributed by atoms with E-state index in [0.717, 1.165) is 16.7 Å².